The highest BCUT2D eigenvalue weighted by Crippen LogP contribution is 2.21. The largest absolute Gasteiger partial charge is 0.331 e. The molecule has 4 nitrogen and oxygen atoms in total. The standard InChI is InChI=1S/C12H24N4/c1-5-15(6-2)11(7-13)12-8-14-9-16(12)10(3)4/h8-11H,5-7,13H2,1-4H3. The van der Waals surface area contributed by atoms with Gasteiger partial charge in [0.05, 0.1) is 18.1 Å². The Morgan fingerprint density at radius 2 is 2.00 bits per heavy atom. The van der Waals surface area contributed by atoms with Gasteiger partial charge in [0.2, 0.25) is 0 Å². The van der Waals surface area contributed by atoms with Gasteiger partial charge in [-0.2, -0.15) is 0 Å². The van der Waals surface area contributed by atoms with Gasteiger partial charge < -0.3 is 10.3 Å². The molecule has 0 aliphatic carbocycles. The third kappa shape index (κ3) is 2.62. The maximum Gasteiger partial charge on any atom is 0.0951 e. The Bertz CT molecular complexity index is 302. The zero-order chi connectivity index (χ0) is 12.1. The molecule has 0 saturated carbocycles. The Kier molecular flexibility index (Phi) is 4.96. The third-order valence-corrected chi connectivity index (χ3v) is 3.07. The molecule has 1 unspecified atom stereocenters. The molecule has 1 aromatic rings. The average molecular weight is 224 g/mol. The number of rotatable bonds is 6. The van der Waals surface area contributed by atoms with Crippen LogP contribution in [0.4, 0.5) is 0 Å². The van der Waals surface area contributed by atoms with Gasteiger partial charge in [0.25, 0.3) is 0 Å². The molecule has 1 heterocycles. The monoisotopic (exact) mass is 224 g/mol. The fraction of sp³-hybridized carbons (Fsp3) is 0.750. The summed E-state index contributed by atoms with van der Waals surface area (Å²) in [5, 5.41) is 0. The fourth-order valence-electron chi connectivity index (χ4n) is 2.13. The van der Waals surface area contributed by atoms with Crippen LogP contribution < -0.4 is 5.73 Å². The first-order valence-electron chi connectivity index (χ1n) is 6.11. The van der Waals surface area contributed by atoms with Crippen molar-refractivity contribution < 1.29 is 0 Å². The van der Waals surface area contributed by atoms with Gasteiger partial charge in [0.1, 0.15) is 0 Å². The van der Waals surface area contributed by atoms with Crippen molar-refractivity contribution in [3.63, 3.8) is 0 Å². The van der Waals surface area contributed by atoms with Crippen molar-refractivity contribution in [3.05, 3.63) is 18.2 Å². The van der Waals surface area contributed by atoms with Gasteiger partial charge in [-0.15, -0.1) is 0 Å². The normalized spacial score (nSPS) is 13.7. The molecule has 0 radical (unpaired) electrons. The van der Waals surface area contributed by atoms with Crippen LogP contribution in [-0.4, -0.2) is 34.1 Å². The Hall–Kier alpha value is -0.870. The van der Waals surface area contributed by atoms with Crippen molar-refractivity contribution in [2.45, 2.75) is 39.8 Å². The fourth-order valence-corrected chi connectivity index (χ4v) is 2.13. The summed E-state index contributed by atoms with van der Waals surface area (Å²) in [6, 6.07) is 0.710. The van der Waals surface area contributed by atoms with Crippen molar-refractivity contribution in [1.82, 2.24) is 14.5 Å². The van der Waals surface area contributed by atoms with E-state index in [-0.39, 0.29) is 6.04 Å². The number of aromatic nitrogens is 2. The minimum Gasteiger partial charge on any atom is -0.331 e. The number of hydrogen-bond acceptors (Lipinski definition) is 3. The first-order chi connectivity index (χ1) is 7.65. The smallest absolute Gasteiger partial charge is 0.0951 e. The van der Waals surface area contributed by atoms with E-state index in [1.807, 2.05) is 12.5 Å². The molecule has 0 aliphatic rings. The zero-order valence-electron chi connectivity index (χ0n) is 10.8. The lowest BCUT2D eigenvalue weighted by molar-refractivity contribution is 0.214. The molecule has 0 saturated heterocycles. The van der Waals surface area contributed by atoms with Crippen molar-refractivity contribution in [2.75, 3.05) is 19.6 Å². The molecule has 0 aromatic carbocycles. The molecule has 1 rings (SSSR count). The molecule has 0 aliphatic heterocycles. The Morgan fingerprint density at radius 1 is 1.38 bits per heavy atom. The van der Waals surface area contributed by atoms with Crippen LogP contribution in [0.25, 0.3) is 0 Å². The van der Waals surface area contributed by atoms with Gasteiger partial charge in [-0.3, -0.25) is 4.90 Å². The lowest BCUT2D eigenvalue weighted by atomic mass is 10.1. The number of nitrogens with zero attached hydrogens (tertiary/aromatic N) is 3. The summed E-state index contributed by atoms with van der Waals surface area (Å²) in [7, 11) is 0. The van der Waals surface area contributed by atoms with E-state index in [9.17, 15) is 0 Å². The highest BCUT2D eigenvalue weighted by Gasteiger charge is 2.20. The molecular formula is C12H24N4. The molecule has 1 atom stereocenters. The molecule has 0 amide bonds. The van der Waals surface area contributed by atoms with Crippen LogP contribution in [0.1, 0.15) is 45.5 Å². The second-order valence-corrected chi connectivity index (χ2v) is 4.29. The Balaban J connectivity index is 2.98. The molecule has 0 fully saturated rings. The minimum atomic E-state index is 0.278. The van der Waals surface area contributed by atoms with Gasteiger partial charge in [-0.25, -0.2) is 4.98 Å². The summed E-state index contributed by atoms with van der Waals surface area (Å²) >= 11 is 0. The van der Waals surface area contributed by atoms with Gasteiger partial charge in [-0.05, 0) is 26.9 Å². The van der Waals surface area contributed by atoms with Crippen LogP contribution in [0.3, 0.4) is 0 Å². The second kappa shape index (κ2) is 6.01. The zero-order valence-corrected chi connectivity index (χ0v) is 10.8. The van der Waals surface area contributed by atoms with E-state index in [2.05, 4.69) is 42.1 Å². The van der Waals surface area contributed by atoms with Crippen LogP contribution in [0, 0.1) is 0 Å². The number of likely N-dealkylation sites (N-methyl/N-ethyl adjacent to an activating group) is 1. The van der Waals surface area contributed by atoms with Crippen molar-refractivity contribution in [2.24, 2.45) is 5.73 Å². The predicted octanol–water partition coefficient (Wildman–Crippen LogP) is 1.81. The summed E-state index contributed by atoms with van der Waals surface area (Å²) in [6.07, 6.45) is 3.84. The van der Waals surface area contributed by atoms with Crippen LogP contribution in [0.2, 0.25) is 0 Å². The Labute approximate surface area is 98.5 Å². The van der Waals surface area contributed by atoms with Crippen molar-refractivity contribution in [1.29, 1.82) is 0 Å². The highest BCUT2D eigenvalue weighted by molar-refractivity contribution is 5.07. The number of hydrogen-bond donors (Lipinski definition) is 1. The minimum absolute atomic E-state index is 0.278. The van der Waals surface area contributed by atoms with Gasteiger partial charge in [0, 0.05) is 18.8 Å². The predicted molar refractivity (Wildman–Crippen MR) is 67.3 cm³/mol. The molecule has 16 heavy (non-hydrogen) atoms. The lowest BCUT2D eigenvalue weighted by Gasteiger charge is -2.30. The van der Waals surface area contributed by atoms with E-state index in [1.165, 1.54) is 5.69 Å². The van der Waals surface area contributed by atoms with Crippen LogP contribution in [-0.2, 0) is 0 Å². The van der Waals surface area contributed by atoms with E-state index in [0.29, 0.717) is 12.6 Å². The maximum absolute atomic E-state index is 5.90. The summed E-state index contributed by atoms with van der Waals surface area (Å²) in [6.45, 7) is 11.3. The van der Waals surface area contributed by atoms with E-state index in [0.717, 1.165) is 13.1 Å². The summed E-state index contributed by atoms with van der Waals surface area (Å²) in [4.78, 5) is 6.61. The molecule has 0 spiro atoms. The molecule has 1 aromatic heterocycles. The van der Waals surface area contributed by atoms with E-state index < -0.39 is 0 Å². The first-order valence-corrected chi connectivity index (χ1v) is 6.11. The van der Waals surface area contributed by atoms with E-state index in [1.54, 1.807) is 0 Å². The lowest BCUT2D eigenvalue weighted by Crippen LogP contribution is -2.35. The highest BCUT2D eigenvalue weighted by atomic mass is 15.2. The van der Waals surface area contributed by atoms with Gasteiger partial charge in [0.15, 0.2) is 0 Å². The molecule has 4 heteroatoms. The van der Waals surface area contributed by atoms with Crippen molar-refractivity contribution in [3.8, 4) is 0 Å². The van der Waals surface area contributed by atoms with E-state index in [4.69, 9.17) is 5.73 Å². The summed E-state index contributed by atoms with van der Waals surface area (Å²) < 4.78 is 2.20. The quantitative estimate of drug-likeness (QED) is 0.801. The third-order valence-electron chi connectivity index (χ3n) is 3.07. The van der Waals surface area contributed by atoms with Crippen molar-refractivity contribution >= 4 is 0 Å². The van der Waals surface area contributed by atoms with Crippen LogP contribution in [0.15, 0.2) is 12.5 Å². The summed E-state index contributed by atoms with van der Waals surface area (Å²) in [5.74, 6) is 0. The molecule has 2 N–H and O–H groups in total. The van der Waals surface area contributed by atoms with E-state index >= 15 is 0 Å². The van der Waals surface area contributed by atoms with Gasteiger partial charge >= 0.3 is 0 Å². The molecular weight excluding hydrogens is 200 g/mol. The Morgan fingerprint density at radius 3 is 2.44 bits per heavy atom. The maximum atomic E-state index is 5.90. The van der Waals surface area contributed by atoms with Gasteiger partial charge in [-0.1, -0.05) is 13.8 Å². The van der Waals surface area contributed by atoms with Crippen LogP contribution in [0.5, 0.6) is 0 Å². The van der Waals surface area contributed by atoms with Crippen LogP contribution >= 0.6 is 0 Å². The molecule has 92 valence electrons. The second-order valence-electron chi connectivity index (χ2n) is 4.29. The average Bonchev–Trinajstić information content (AvgIpc) is 2.74. The topological polar surface area (TPSA) is 47.1 Å². The number of imidazole rings is 1. The molecule has 0 bridgehead atoms. The SMILES string of the molecule is CCN(CC)C(CN)c1cncn1C(C)C. The number of nitrogens with two attached hydrogens (primary N) is 1. The summed E-state index contributed by atoms with van der Waals surface area (Å²) in [5.41, 5.74) is 7.13. The first kappa shape index (κ1) is 13.2.